The van der Waals surface area contributed by atoms with Crippen LogP contribution in [0.5, 0.6) is 0 Å². The van der Waals surface area contributed by atoms with E-state index in [1.807, 2.05) is 13.8 Å². The van der Waals surface area contributed by atoms with E-state index in [0.717, 1.165) is 18.8 Å². The van der Waals surface area contributed by atoms with Crippen molar-refractivity contribution in [3.8, 4) is 0 Å². The van der Waals surface area contributed by atoms with Gasteiger partial charge in [0.2, 0.25) is 5.89 Å². The number of hydrogen-bond acceptors (Lipinski definition) is 5. The van der Waals surface area contributed by atoms with Crippen LogP contribution in [0.15, 0.2) is 15.4 Å². The zero-order valence-electron chi connectivity index (χ0n) is 12.6. The molecule has 1 aliphatic heterocycles. The molecule has 0 bridgehead atoms. The third kappa shape index (κ3) is 2.53. The zero-order valence-corrected chi connectivity index (χ0v) is 12.6. The highest BCUT2D eigenvalue weighted by atomic mass is 16.5. The topological polar surface area (TPSA) is 75.1 Å². The highest BCUT2D eigenvalue weighted by Crippen LogP contribution is 2.32. The average molecular weight is 292 g/mol. The zero-order chi connectivity index (χ0) is 15.0. The standard InChI is InChI=1S/C14H20N4O3/c1-4-17-13(12-9(2)5-6-20-12)16-18(14(17)19)8-11-15-7-10(3)21-11/h7,9,12H,4-6,8H2,1-3H3/t9-,12+/m1/s1. The van der Waals surface area contributed by atoms with Crippen LogP contribution in [0.1, 0.15) is 43.8 Å². The summed E-state index contributed by atoms with van der Waals surface area (Å²) in [5.41, 5.74) is -0.147. The van der Waals surface area contributed by atoms with Crippen LogP contribution in [0.4, 0.5) is 0 Å². The minimum Gasteiger partial charge on any atom is -0.444 e. The van der Waals surface area contributed by atoms with Gasteiger partial charge < -0.3 is 9.15 Å². The molecule has 0 unspecified atom stereocenters. The molecule has 0 saturated carbocycles. The third-order valence-corrected chi connectivity index (χ3v) is 3.86. The van der Waals surface area contributed by atoms with E-state index in [-0.39, 0.29) is 18.3 Å². The van der Waals surface area contributed by atoms with Gasteiger partial charge >= 0.3 is 5.69 Å². The fourth-order valence-electron chi connectivity index (χ4n) is 2.70. The van der Waals surface area contributed by atoms with Crippen molar-refractivity contribution in [1.29, 1.82) is 0 Å². The lowest BCUT2D eigenvalue weighted by Crippen LogP contribution is -2.26. The van der Waals surface area contributed by atoms with E-state index < -0.39 is 0 Å². The molecule has 0 aliphatic carbocycles. The number of aromatic nitrogens is 4. The quantitative estimate of drug-likeness (QED) is 0.853. The summed E-state index contributed by atoms with van der Waals surface area (Å²) in [6, 6.07) is 0. The molecule has 0 spiro atoms. The Hall–Kier alpha value is -1.89. The first-order valence-electron chi connectivity index (χ1n) is 7.30. The first kappa shape index (κ1) is 14.1. The second kappa shape index (κ2) is 5.48. The monoisotopic (exact) mass is 292 g/mol. The molecule has 1 saturated heterocycles. The lowest BCUT2D eigenvalue weighted by atomic mass is 10.0. The van der Waals surface area contributed by atoms with Gasteiger partial charge in [-0.3, -0.25) is 4.57 Å². The molecule has 2 aromatic heterocycles. The highest BCUT2D eigenvalue weighted by molar-refractivity contribution is 4.99. The predicted octanol–water partition coefficient (Wildman–Crippen LogP) is 1.51. The SMILES string of the molecule is CCn1c([C@H]2OCC[C@H]2C)nn(Cc2ncc(C)o2)c1=O. The van der Waals surface area contributed by atoms with Gasteiger partial charge in [0.05, 0.1) is 6.20 Å². The molecule has 1 aliphatic rings. The van der Waals surface area contributed by atoms with Crippen molar-refractivity contribution in [2.75, 3.05) is 6.61 Å². The van der Waals surface area contributed by atoms with Gasteiger partial charge in [-0.2, -0.15) is 5.10 Å². The third-order valence-electron chi connectivity index (χ3n) is 3.86. The molecular weight excluding hydrogens is 272 g/mol. The van der Waals surface area contributed by atoms with E-state index >= 15 is 0 Å². The molecule has 3 rings (SSSR count). The summed E-state index contributed by atoms with van der Waals surface area (Å²) in [5, 5.41) is 4.46. The maximum Gasteiger partial charge on any atom is 0.346 e. The summed E-state index contributed by atoms with van der Waals surface area (Å²) in [7, 11) is 0. The Morgan fingerprint density at radius 2 is 2.29 bits per heavy atom. The molecule has 21 heavy (non-hydrogen) atoms. The molecular formula is C14H20N4O3. The fourth-order valence-corrected chi connectivity index (χ4v) is 2.70. The van der Waals surface area contributed by atoms with Gasteiger partial charge in [0.25, 0.3) is 0 Å². The first-order chi connectivity index (χ1) is 10.1. The van der Waals surface area contributed by atoms with Crippen molar-refractivity contribution in [1.82, 2.24) is 19.3 Å². The molecule has 2 atom stereocenters. The molecule has 0 amide bonds. The van der Waals surface area contributed by atoms with Crippen molar-refractivity contribution in [2.24, 2.45) is 5.92 Å². The summed E-state index contributed by atoms with van der Waals surface area (Å²) in [5.74, 6) is 2.29. The lowest BCUT2D eigenvalue weighted by molar-refractivity contribution is 0.0836. The number of hydrogen-bond donors (Lipinski definition) is 0. The molecule has 1 fully saturated rings. The van der Waals surface area contributed by atoms with Crippen molar-refractivity contribution in [2.45, 2.75) is 46.4 Å². The predicted molar refractivity (Wildman–Crippen MR) is 75.0 cm³/mol. The van der Waals surface area contributed by atoms with Gasteiger partial charge in [0.15, 0.2) is 5.82 Å². The van der Waals surface area contributed by atoms with E-state index in [1.54, 1.807) is 10.8 Å². The van der Waals surface area contributed by atoms with Crippen molar-refractivity contribution >= 4 is 0 Å². The Kier molecular flexibility index (Phi) is 3.67. The minimum atomic E-state index is -0.147. The van der Waals surface area contributed by atoms with Gasteiger partial charge in [-0.1, -0.05) is 6.92 Å². The molecule has 0 radical (unpaired) electrons. The molecule has 3 heterocycles. The van der Waals surface area contributed by atoms with E-state index in [9.17, 15) is 4.79 Å². The van der Waals surface area contributed by atoms with E-state index in [4.69, 9.17) is 9.15 Å². The Morgan fingerprint density at radius 3 is 2.86 bits per heavy atom. The molecule has 7 nitrogen and oxygen atoms in total. The van der Waals surface area contributed by atoms with Crippen LogP contribution < -0.4 is 5.69 Å². The Morgan fingerprint density at radius 1 is 1.48 bits per heavy atom. The smallest absolute Gasteiger partial charge is 0.346 e. The van der Waals surface area contributed by atoms with Gasteiger partial charge in [-0.05, 0) is 26.2 Å². The van der Waals surface area contributed by atoms with Crippen LogP contribution in [0.25, 0.3) is 0 Å². The number of rotatable bonds is 4. The summed E-state index contributed by atoms with van der Waals surface area (Å²) < 4.78 is 14.2. The van der Waals surface area contributed by atoms with E-state index in [0.29, 0.717) is 24.2 Å². The van der Waals surface area contributed by atoms with Crippen LogP contribution in [0.2, 0.25) is 0 Å². The van der Waals surface area contributed by atoms with Crippen molar-refractivity contribution in [3.63, 3.8) is 0 Å². The number of ether oxygens (including phenoxy) is 1. The largest absolute Gasteiger partial charge is 0.444 e. The molecule has 7 heteroatoms. The van der Waals surface area contributed by atoms with Crippen LogP contribution in [0, 0.1) is 12.8 Å². The summed E-state index contributed by atoms with van der Waals surface area (Å²) in [6.07, 6.45) is 2.53. The fraction of sp³-hybridized carbons (Fsp3) is 0.643. The maximum atomic E-state index is 12.4. The second-order valence-electron chi connectivity index (χ2n) is 5.46. The van der Waals surface area contributed by atoms with Gasteiger partial charge in [-0.25, -0.2) is 14.5 Å². The van der Waals surface area contributed by atoms with Crippen LogP contribution >= 0.6 is 0 Å². The van der Waals surface area contributed by atoms with Crippen molar-refractivity contribution in [3.05, 3.63) is 34.2 Å². The van der Waals surface area contributed by atoms with E-state index in [2.05, 4.69) is 17.0 Å². The minimum absolute atomic E-state index is 0.106. The van der Waals surface area contributed by atoms with Gasteiger partial charge in [0.1, 0.15) is 18.4 Å². The van der Waals surface area contributed by atoms with Gasteiger partial charge in [-0.15, -0.1) is 0 Å². The van der Waals surface area contributed by atoms with Crippen molar-refractivity contribution < 1.29 is 9.15 Å². The second-order valence-corrected chi connectivity index (χ2v) is 5.46. The number of nitrogens with zero attached hydrogens (tertiary/aromatic N) is 4. The van der Waals surface area contributed by atoms with Crippen LogP contribution in [0.3, 0.4) is 0 Å². The lowest BCUT2D eigenvalue weighted by Gasteiger charge is -2.13. The highest BCUT2D eigenvalue weighted by Gasteiger charge is 2.31. The first-order valence-corrected chi connectivity index (χ1v) is 7.30. The molecule has 0 aromatic carbocycles. The maximum absolute atomic E-state index is 12.4. The van der Waals surface area contributed by atoms with Crippen LogP contribution in [-0.2, 0) is 17.8 Å². The van der Waals surface area contributed by atoms with Crippen LogP contribution in [-0.4, -0.2) is 25.9 Å². The summed E-state index contributed by atoms with van der Waals surface area (Å²) in [4.78, 5) is 16.6. The molecule has 114 valence electrons. The summed E-state index contributed by atoms with van der Waals surface area (Å²) >= 11 is 0. The Bertz CT molecular complexity index is 685. The van der Waals surface area contributed by atoms with E-state index in [1.165, 1.54) is 4.68 Å². The normalized spacial score (nSPS) is 22.0. The number of oxazole rings is 1. The summed E-state index contributed by atoms with van der Waals surface area (Å²) in [6.45, 7) is 7.42. The number of aryl methyl sites for hydroxylation is 1. The Balaban J connectivity index is 1.95. The molecule has 0 N–H and O–H groups in total. The average Bonchev–Trinajstić information content (AvgIpc) is 3.12. The van der Waals surface area contributed by atoms with Gasteiger partial charge in [0, 0.05) is 13.2 Å². The molecule has 2 aromatic rings. The Labute approximate surface area is 122 Å².